The monoisotopic (exact) mass is 1990 g/mol. The van der Waals surface area contributed by atoms with Crippen molar-refractivity contribution in [3.05, 3.63) is 510 Å². The van der Waals surface area contributed by atoms with Crippen LogP contribution in [-0.2, 0) is 0 Å². The average Bonchev–Trinajstić information content (AvgIpc) is 0.711. The van der Waals surface area contributed by atoms with Gasteiger partial charge in [-0.2, -0.15) is 9.84 Å². The van der Waals surface area contributed by atoms with Crippen molar-refractivity contribution in [2.75, 3.05) is 14.1 Å². The maximum atomic E-state index is 12.6. The van der Waals surface area contributed by atoms with E-state index in [0.29, 0.717) is 5.92 Å². The average molecular weight is 1990 g/mol. The third kappa shape index (κ3) is 26.2. The van der Waals surface area contributed by atoms with Gasteiger partial charge in [-0.05, 0) is 235 Å². The molecule has 1 N–H and O–H groups in total. The smallest absolute Gasteiger partial charge is 0.357 e. The molecule has 0 saturated carbocycles. The highest BCUT2D eigenvalue weighted by atomic mass is 127. The first-order valence-corrected chi connectivity index (χ1v) is 45.6. The molecule has 1 aliphatic rings. The van der Waals surface area contributed by atoms with Crippen LogP contribution in [-0.4, -0.2) is 38.9 Å². The van der Waals surface area contributed by atoms with Gasteiger partial charge in [-0.15, -0.1) is 0 Å². The molecule has 0 fully saturated rings. The van der Waals surface area contributed by atoms with Gasteiger partial charge in [0.2, 0.25) is 0 Å². The quantitative estimate of drug-likeness (QED) is 0.0237. The highest BCUT2D eigenvalue weighted by Crippen LogP contribution is 2.48. The number of fused-ring (bicyclic) bond motifs is 6. The first-order valence-electron chi connectivity index (χ1n) is 44.0. The van der Waals surface area contributed by atoms with E-state index in [1.54, 1.807) is 9.84 Å². The lowest BCUT2D eigenvalue weighted by Crippen LogP contribution is -3.61. The molecule has 1 aliphatic carbocycles. The molecule has 0 saturated heterocycles. The largest absolute Gasteiger partial charge is 0.572 e. The molecule has 0 spiro atoms. The molecule has 19 rings (SSSR count). The molecule has 1 atom stereocenters. The van der Waals surface area contributed by atoms with E-state index in [-0.39, 0.29) is 43.5 Å². The Labute approximate surface area is 828 Å². The Hall–Kier alpha value is -13.7. The summed E-state index contributed by atoms with van der Waals surface area (Å²) in [7, 11) is 20.1. The summed E-state index contributed by atoms with van der Waals surface area (Å²) in [5, 5.41) is 7.50. The molecule has 18 heteroatoms. The third-order valence-electron chi connectivity index (χ3n) is 22.7. The topological polar surface area (TPSA) is 4.44 Å². The minimum atomic E-state index is -1.55. The summed E-state index contributed by atoms with van der Waals surface area (Å²) in [5.74, 6) is -17.4. The minimum absolute atomic E-state index is 0. The van der Waals surface area contributed by atoms with Crippen LogP contribution >= 0.6 is 9.84 Å². The Morgan fingerprint density at radius 1 is 0.302 bits per heavy atom. The zero-order chi connectivity index (χ0) is 98.1. The SMILES string of the molecule is C.C.C.C1=C[CH+]C(=C(c2ccccc2)c2ccccc2)C=C1.C[NH+](C)c1ccccc1.Cc1ccc([I+]c2ccc(C(C)C)cc2)cc1.[3H]P.[B-]c1c(F)c(F)c(C)c(F)c1F.[B-]c1c(F)c(F)c(C)c(F)c1F.[B-]c1c(F)c(F)c(C)c(F)c1F.c1ccc(-c2cc3c4cc(-c5ccccc5)c(-c5ccccc5)cc4c4cc(-c5ccccc5)c(-c5ccccc5)cc4c3cc2-c2ccccc2)cc1. The number of para-hydroxylation sites is 1. The van der Waals surface area contributed by atoms with E-state index in [2.05, 4.69) is 417 Å². The molecular formula is C121H105B3F12INP. The van der Waals surface area contributed by atoms with Crippen LogP contribution in [0.25, 0.3) is 105 Å². The van der Waals surface area contributed by atoms with Crippen molar-refractivity contribution < 1.29 is 78.8 Å². The van der Waals surface area contributed by atoms with Gasteiger partial charge in [-0.25, -0.2) is 69.1 Å². The van der Waals surface area contributed by atoms with E-state index in [0.717, 1.165) is 20.8 Å². The van der Waals surface area contributed by atoms with Gasteiger partial charge in [0.05, 0.1) is 20.9 Å². The van der Waals surface area contributed by atoms with Gasteiger partial charge in [0, 0.05) is 58.5 Å². The molecular weight excluding hydrogens is 1890 g/mol. The number of hydrogen-bond acceptors (Lipinski definition) is 0. The Bertz CT molecular complexity index is 6190. The summed E-state index contributed by atoms with van der Waals surface area (Å²) in [6.45, 7) is 9.40. The number of quaternary nitrogens is 1. The second-order valence-electron chi connectivity index (χ2n) is 32.3. The standard InChI is InChI=1S/C54H36.C19H15.C16H18I.C8H11N.3C7H3BF4.3CH4.H3P/c1-7-19-37(20-8-1)43-31-49-50(32-44(43)38-21-9-2-10-22-38)52-34-46(40-25-13-4-14-26-40)48(42-29-17-6-18-30-42)36-54(52)53-35-47(41-27-15-5-16-28-41)45(33-51(49)53)39-23-11-3-12-24-39;1-4-10-16(11-5-1)19(17-12-6-2-7-13-17)18-14-8-3-9-15-18;1-12(2)14-6-10-16(11-7-14)17-15-8-4-13(3)5-9-15;1-9(2)8-6-4-3-5-7-8;3*1-2-4(9)6(11)3(8)7(12)5(2)10;;;;/h1-36H;1-15H;4-12H,1-3H3;3-7H,1-2H3;3*1H3;3*1H4;1H3/q;2*+1;;3*-1;;;;/p+1/i;;;;;;;;;;1T. The molecule has 139 heavy (non-hydrogen) atoms. The van der Waals surface area contributed by atoms with Crippen molar-refractivity contribution >= 4 is 93.3 Å². The third-order valence-corrected chi connectivity index (χ3v) is 25.4. The van der Waals surface area contributed by atoms with Crippen molar-refractivity contribution in [1.29, 1.82) is 1.28 Å². The van der Waals surface area contributed by atoms with Gasteiger partial charge in [-0.3, -0.25) is 0 Å². The minimum Gasteiger partial charge on any atom is -0.572 e. The van der Waals surface area contributed by atoms with Crippen LogP contribution in [0, 0.1) is 111 Å². The lowest BCUT2D eigenvalue weighted by Gasteiger charge is -2.21. The summed E-state index contributed by atoms with van der Waals surface area (Å²) in [6.07, 6.45) is 10.5. The van der Waals surface area contributed by atoms with Crippen LogP contribution in [0.3, 0.4) is 0 Å². The predicted molar refractivity (Wildman–Crippen MR) is 562 cm³/mol. The van der Waals surface area contributed by atoms with E-state index in [1.807, 2.05) is 6.07 Å². The first kappa shape index (κ1) is 107. The van der Waals surface area contributed by atoms with E-state index in [9.17, 15) is 52.7 Å². The van der Waals surface area contributed by atoms with Crippen LogP contribution in [0.2, 0.25) is 0 Å². The van der Waals surface area contributed by atoms with Gasteiger partial charge in [0.25, 0.3) is 0 Å². The summed E-state index contributed by atoms with van der Waals surface area (Å²) in [5.41, 5.74) is 18.2. The maximum Gasteiger partial charge on any atom is 0.357 e. The van der Waals surface area contributed by atoms with Gasteiger partial charge in [0.1, 0.15) is 46.2 Å². The highest BCUT2D eigenvalue weighted by molar-refractivity contribution is 6.92. The zero-order valence-corrected chi connectivity index (χ0v) is 79.1. The Kier molecular flexibility index (Phi) is 39.5. The lowest BCUT2D eigenvalue weighted by atomic mass is 9.82. The molecule has 18 aromatic rings. The van der Waals surface area contributed by atoms with Crippen molar-refractivity contribution in [2.45, 2.75) is 69.7 Å². The Morgan fingerprint density at radius 2 is 0.525 bits per heavy atom. The normalized spacial score (nSPS) is 10.9. The maximum absolute atomic E-state index is 12.6. The van der Waals surface area contributed by atoms with Crippen molar-refractivity contribution in [3.63, 3.8) is 0 Å². The summed E-state index contributed by atoms with van der Waals surface area (Å²) < 4.78 is 159. The fourth-order valence-electron chi connectivity index (χ4n) is 15.3. The highest BCUT2D eigenvalue weighted by Gasteiger charge is 2.25. The van der Waals surface area contributed by atoms with Crippen LogP contribution in [0.4, 0.5) is 58.4 Å². The fraction of sp³-hybridized carbons (Fsp3) is 0.0992. The van der Waals surface area contributed by atoms with Gasteiger partial charge < -0.3 is 28.4 Å². The van der Waals surface area contributed by atoms with Gasteiger partial charge >= 0.3 is 21.2 Å². The van der Waals surface area contributed by atoms with E-state index in [1.165, 1.54) is 150 Å². The molecule has 1 unspecified atom stereocenters. The van der Waals surface area contributed by atoms with Gasteiger partial charge in [0.15, 0.2) is 42.0 Å². The molecule has 0 aliphatic heterocycles. The number of aryl methyl sites for hydroxylation is 1. The van der Waals surface area contributed by atoms with Crippen LogP contribution in [0.1, 0.15) is 81.0 Å². The summed E-state index contributed by atoms with van der Waals surface area (Å²) >= 11 is -0.0167. The predicted octanol–water partition coefficient (Wildman–Crippen LogP) is 27.7. The molecule has 0 amide bonds. The second-order valence-corrected chi connectivity index (χ2v) is 35.4. The number of hydrogen-bond donors (Lipinski definition) is 1. The Balaban J connectivity index is 0.000000209. The van der Waals surface area contributed by atoms with Crippen LogP contribution < -0.4 is 42.5 Å². The fourth-order valence-corrected chi connectivity index (χ4v) is 17.4. The molecule has 0 bridgehead atoms. The van der Waals surface area contributed by atoms with E-state index < -0.39 is 103 Å². The molecule has 18 aromatic carbocycles. The van der Waals surface area contributed by atoms with Crippen molar-refractivity contribution in [2.24, 2.45) is 0 Å². The van der Waals surface area contributed by atoms with Crippen molar-refractivity contribution in [1.82, 2.24) is 0 Å². The molecule has 9 radical (unpaired) electrons. The number of nitrogens with one attached hydrogen (secondary N) is 1. The first-order chi connectivity index (χ1) is 66.1. The lowest BCUT2D eigenvalue weighted by molar-refractivity contribution is -0.786. The van der Waals surface area contributed by atoms with Crippen molar-refractivity contribution in [3.8, 4) is 66.8 Å². The summed E-state index contributed by atoms with van der Waals surface area (Å²) in [4.78, 5) is 1.37. The summed E-state index contributed by atoms with van der Waals surface area (Å²) in [6, 6.07) is 129. The number of rotatable bonds is 12. The van der Waals surface area contributed by atoms with Crippen LogP contribution in [0.5, 0.6) is 0 Å². The zero-order valence-electron chi connectivity index (χ0n) is 76.8. The number of halogens is 13. The van der Waals surface area contributed by atoms with Gasteiger partial charge in [-0.1, -0.05) is 303 Å². The molecule has 699 valence electrons. The number of benzene rings is 18. The second kappa shape index (κ2) is 51.1. The number of allylic oxidation sites excluding steroid dienone is 5. The van der Waals surface area contributed by atoms with E-state index in [4.69, 9.17) is 24.8 Å². The molecule has 0 heterocycles. The van der Waals surface area contributed by atoms with E-state index >= 15 is 0 Å². The molecule has 1 nitrogen and oxygen atoms in total. The molecule has 0 aromatic heterocycles. The Morgan fingerprint density at radius 3 is 0.734 bits per heavy atom. The van der Waals surface area contributed by atoms with Crippen LogP contribution in [0.15, 0.2) is 388 Å².